The molecule has 0 heterocycles. The van der Waals surface area contributed by atoms with Crippen LogP contribution in [0.3, 0.4) is 0 Å². The van der Waals surface area contributed by atoms with Gasteiger partial charge in [0.1, 0.15) is 0 Å². The molecule has 0 spiro atoms. The molecule has 202 valence electrons. The molecular formula is C32H33F5O. The summed E-state index contributed by atoms with van der Waals surface area (Å²) in [6.45, 7) is 2.00. The lowest BCUT2D eigenvalue weighted by atomic mass is 9.81. The minimum Gasteiger partial charge on any atom is -0.294 e. The van der Waals surface area contributed by atoms with Crippen molar-refractivity contribution < 1.29 is 26.7 Å². The van der Waals surface area contributed by atoms with Crippen molar-refractivity contribution in [1.29, 1.82) is 0 Å². The molecule has 38 heavy (non-hydrogen) atoms. The van der Waals surface area contributed by atoms with E-state index in [1.807, 2.05) is 19.1 Å². The van der Waals surface area contributed by atoms with Gasteiger partial charge in [0, 0.05) is 11.5 Å². The standard InChI is InChI=1S/C32H33F5O/c1-21-9-15-28-25(17-21)7-3-2-5-22(18-24-12-16-29(33)30(34)20-24)6-4-8-26(31(28)38)19-23-10-13-27(14-11-23)32(35,36)37/h9-17,20,22,26H,2-8,18-19H2,1H3. The first-order valence-corrected chi connectivity index (χ1v) is 13.3. The first kappa shape index (κ1) is 28.0. The Morgan fingerprint density at radius 2 is 1.47 bits per heavy atom. The van der Waals surface area contributed by atoms with Crippen molar-refractivity contribution in [3.8, 4) is 0 Å². The van der Waals surface area contributed by atoms with Gasteiger partial charge in [-0.2, -0.15) is 13.2 Å². The van der Waals surface area contributed by atoms with Crippen molar-refractivity contribution in [3.63, 3.8) is 0 Å². The average Bonchev–Trinajstić information content (AvgIpc) is 2.87. The van der Waals surface area contributed by atoms with Gasteiger partial charge in [0.15, 0.2) is 17.4 Å². The molecule has 3 aromatic carbocycles. The van der Waals surface area contributed by atoms with Gasteiger partial charge in [-0.15, -0.1) is 0 Å². The zero-order valence-electron chi connectivity index (χ0n) is 21.6. The van der Waals surface area contributed by atoms with Crippen molar-refractivity contribution in [3.05, 3.63) is 106 Å². The molecule has 4 rings (SSSR count). The number of aryl methyl sites for hydroxylation is 2. The van der Waals surface area contributed by atoms with E-state index >= 15 is 0 Å². The molecule has 1 nitrogen and oxygen atoms in total. The molecule has 0 N–H and O–H groups in total. The molecule has 3 aromatic rings. The van der Waals surface area contributed by atoms with Gasteiger partial charge in [-0.3, -0.25) is 4.79 Å². The average molecular weight is 529 g/mol. The fourth-order valence-electron chi connectivity index (χ4n) is 5.58. The fraction of sp³-hybridized carbons (Fsp3) is 0.406. The zero-order valence-corrected chi connectivity index (χ0v) is 21.6. The molecule has 2 unspecified atom stereocenters. The van der Waals surface area contributed by atoms with Crippen molar-refractivity contribution in [1.82, 2.24) is 0 Å². The summed E-state index contributed by atoms with van der Waals surface area (Å²) < 4.78 is 66.3. The van der Waals surface area contributed by atoms with E-state index < -0.39 is 23.4 Å². The Kier molecular flexibility index (Phi) is 9.01. The van der Waals surface area contributed by atoms with Gasteiger partial charge in [0.25, 0.3) is 0 Å². The Morgan fingerprint density at radius 3 is 2.18 bits per heavy atom. The third kappa shape index (κ3) is 7.30. The third-order valence-electron chi connectivity index (χ3n) is 7.64. The lowest BCUT2D eigenvalue weighted by Gasteiger charge is -2.23. The molecule has 0 bridgehead atoms. The summed E-state index contributed by atoms with van der Waals surface area (Å²) >= 11 is 0. The number of carbonyl (C=O) groups is 1. The lowest BCUT2D eigenvalue weighted by molar-refractivity contribution is -0.137. The molecule has 6 heteroatoms. The van der Waals surface area contributed by atoms with Gasteiger partial charge in [-0.25, -0.2) is 8.78 Å². The number of ketones is 1. The maximum absolute atomic E-state index is 13.8. The van der Waals surface area contributed by atoms with E-state index in [9.17, 15) is 26.7 Å². The Morgan fingerprint density at radius 1 is 0.763 bits per heavy atom. The molecule has 0 fully saturated rings. The van der Waals surface area contributed by atoms with Crippen molar-refractivity contribution in [2.75, 3.05) is 0 Å². The lowest BCUT2D eigenvalue weighted by Crippen LogP contribution is -2.20. The molecule has 0 radical (unpaired) electrons. The molecule has 1 aliphatic carbocycles. The number of hydrogen-bond donors (Lipinski definition) is 0. The number of halogens is 5. The SMILES string of the molecule is Cc1ccc2c(c1)CCCCC(Cc1ccc(F)c(F)c1)CCCC(Cc1ccc(C(F)(F)F)cc1)C2=O. The molecule has 0 saturated heterocycles. The van der Waals surface area contributed by atoms with Crippen LogP contribution in [0.25, 0.3) is 0 Å². The summed E-state index contributed by atoms with van der Waals surface area (Å²) in [6.07, 6.45) is 2.46. The van der Waals surface area contributed by atoms with E-state index in [1.165, 1.54) is 18.2 Å². The molecule has 0 amide bonds. The maximum Gasteiger partial charge on any atom is 0.416 e. The van der Waals surface area contributed by atoms with Crippen LogP contribution in [0.2, 0.25) is 0 Å². The van der Waals surface area contributed by atoms with Gasteiger partial charge < -0.3 is 0 Å². The van der Waals surface area contributed by atoms with Crippen LogP contribution in [0.15, 0.2) is 60.7 Å². The van der Waals surface area contributed by atoms with E-state index in [2.05, 4.69) is 6.07 Å². The highest BCUT2D eigenvalue weighted by Crippen LogP contribution is 2.32. The highest BCUT2D eigenvalue weighted by atomic mass is 19.4. The number of rotatable bonds is 4. The third-order valence-corrected chi connectivity index (χ3v) is 7.64. The van der Waals surface area contributed by atoms with E-state index in [1.54, 1.807) is 6.07 Å². The van der Waals surface area contributed by atoms with Crippen LogP contribution in [-0.4, -0.2) is 5.78 Å². The number of hydrogen-bond acceptors (Lipinski definition) is 1. The maximum atomic E-state index is 13.8. The second-order valence-corrected chi connectivity index (χ2v) is 10.6. The highest BCUT2D eigenvalue weighted by molar-refractivity contribution is 5.99. The first-order valence-electron chi connectivity index (χ1n) is 13.3. The Labute approximate surface area is 221 Å². The van der Waals surface area contributed by atoms with Crippen molar-refractivity contribution in [2.24, 2.45) is 11.8 Å². The Bertz CT molecular complexity index is 1250. The minimum atomic E-state index is -4.40. The molecular weight excluding hydrogens is 495 g/mol. The van der Waals surface area contributed by atoms with E-state index in [-0.39, 0.29) is 17.6 Å². The number of benzene rings is 3. The number of fused-ring (bicyclic) bond motifs is 1. The second-order valence-electron chi connectivity index (χ2n) is 10.6. The Hall–Kier alpha value is -3.02. The minimum absolute atomic E-state index is 0.0395. The monoisotopic (exact) mass is 528 g/mol. The van der Waals surface area contributed by atoms with Crippen LogP contribution in [0, 0.1) is 30.4 Å². The predicted octanol–water partition coefficient (Wildman–Crippen LogP) is 9.09. The number of carbonyl (C=O) groups excluding carboxylic acids is 1. The summed E-state index contributed by atoms with van der Waals surface area (Å²) in [5, 5.41) is 0. The van der Waals surface area contributed by atoms with Gasteiger partial charge in [0.05, 0.1) is 5.56 Å². The van der Waals surface area contributed by atoms with E-state index in [0.29, 0.717) is 30.4 Å². The summed E-state index contributed by atoms with van der Waals surface area (Å²) in [5.74, 6) is -1.73. The quantitative estimate of drug-likeness (QED) is 0.309. The van der Waals surface area contributed by atoms with Crippen LogP contribution in [-0.2, 0) is 25.4 Å². The Balaban J connectivity index is 1.56. The summed E-state index contributed by atoms with van der Waals surface area (Å²) in [4.78, 5) is 13.8. The van der Waals surface area contributed by atoms with Gasteiger partial charge in [-0.1, -0.05) is 67.6 Å². The number of Topliss-reactive ketones (excluding diaryl/α,β-unsaturated/α-hetero) is 1. The molecule has 2 atom stereocenters. The summed E-state index contributed by atoms with van der Waals surface area (Å²) in [7, 11) is 0. The molecule has 0 saturated carbocycles. The van der Waals surface area contributed by atoms with E-state index in [0.717, 1.165) is 73.4 Å². The smallest absolute Gasteiger partial charge is 0.294 e. The van der Waals surface area contributed by atoms with Crippen LogP contribution in [0.4, 0.5) is 22.0 Å². The fourth-order valence-corrected chi connectivity index (χ4v) is 5.58. The van der Waals surface area contributed by atoms with Gasteiger partial charge in [0.2, 0.25) is 0 Å². The van der Waals surface area contributed by atoms with Crippen LogP contribution in [0.5, 0.6) is 0 Å². The molecule has 0 aromatic heterocycles. The molecule has 0 aliphatic heterocycles. The normalized spacial score (nSPS) is 19.4. The highest BCUT2D eigenvalue weighted by Gasteiger charge is 2.30. The summed E-state index contributed by atoms with van der Waals surface area (Å²) in [5.41, 5.74) is 3.58. The topological polar surface area (TPSA) is 17.1 Å². The first-order chi connectivity index (χ1) is 18.1. The predicted molar refractivity (Wildman–Crippen MR) is 139 cm³/mol. The number of alkyl halides is 3. The molecule has 1 aliphatic rings. The summed E-state index contributed by atoms with van der Waals surface area (Å²) in [6, 6.07) is 15.0. The van der Waals surface area contributed by atoms with E-state index in [4.69, 9.17) is 0 Å². The van der Waals surface area contributed by atoms with Crippen molar-refractivity contribution >= 4 is 5.78 Å². The zero-order chi connectivity index (χ0) is 27.3. The van der Waals surface area contributed by atoms with Gasteiger partial charge >= 0.3 is 6.18 Å². The second kappa shape index (κ2) is 12.2. The van der Waals surface area contributed by atoms with Crippen LogP contribution >= 0.6 is 0 Å². The van der Waals surface area contributed by atoms with Crippen molar-refractivity contribution in [2.45, 2.75) is 70.9 Å². The van der Waals surface area contributed by atoms with Gasteiger partial charge in [-0.05, 0) is 85.9 Å². The largest absolute Gasteiger partial charge is 0.416 e. The van der Waals surface area contributed by atoms with Crippen LogP contribution in [0.1, 0.15) is 76.7 Å². The van der Waals surface area contributed by atoms with Crippen LogP contribution < -0.4 is 0 Å².